The average molecular weight is 435 g/mol. The van der Waals surface area contributed by atoms with E-state index < -0.39 is 15.3 Å². The zero-order chi connectivity index (χ0) is 21.7. The summed E-state index contributed by atoms with van der Waals surface area (Å²) in [6.45, 7) is 13.3. The number of benzene rings is 1. The van der Waals surface area contributed by atoms with Gasteiger partial charge in [-0.2, -0.15) is 0 Å². The predicted octanol–water partition coefficient (Wildman–Crippen LogP) is 2.01. The Labute approximate surface area is 180 Å². The maximum absolute atomic E-state index is 12.0. The molecule has 9 heteroatoms. The van der Waals surface area contributed by atoms with Crippen LogP contribution in [0.5, 0.6) is 0 Å². The summed E-state index contributed by atoms with van der Waals surface area (Å²) in [4.78, 5) is 4.76. The first-order valence-corrected chi connectivity index (χ1v) is 12.3. The van der Waals surface area contributed by atoms with Gasteiger partial charge >= 0.3 is 0 Å². The second-order valence-electron chi connectivity index (χ2n) is 7.96. The average Bonchev–Trinajstić information content (AvgIpc) is 3.01. The van der Waals surface area contributed by atoms with Gasteiger partial charge in [0.15, 0.2) is 0 Å². The molecule has 3 rings (SSSR count). The molecule has 0 aliphatic carbocycles. The Hall–Kier alpha value is -1.97. The van der Waals surface area contributed by atoms with Crippen molar-refractivity contribution >= 4 is 15.7 Å². The van der Waals surface area contributed by atoms with E-state index in [1.165, 1.54) is 11.3 Å². The third-order valence-corrected chi connectivity index (χ3v) is 7.51. The van der Waals surface area contributed by atoms with Gasteiger partial charge in [-0.15, -0.1) is 10.2 Å². The van der Waals surface area contributed by atoms with Gasteiger partial charge in [-0.3, -0.25) is 4.90 Å². The van der Waals surface area contributed by atoms with Crippen LogP contribution in [0.2, 0.25) is 0 Å². The first-order valence-electron chi connectivity index (χ1n) is 10.8. The van der Waals surface area contributed by atoms with Gasteiger partial charge in [0.25, 0.3) is 0 Å². The summed E-state index contributed by atoms with van der Waals surface area (Å²) in [6.07, 6.45) is 0.807. The van der Waals surface area contributed by atoms with E-state index in [-0.39, 0.29) is 6.54 Å². The normalized spacial score (nSPS) is 15.2. The fourth-order valence-corrected chi connectivity index (χ4v) is 4.37. The topological polar surface area (TPSA) is 83.4 Å². The number of rotatable bonds is 9. The molecule has 1 aromatic carbocycles. The highest BCUT2D eigenvalue weighted by Gasteiger charge is 2.21. The first-order chi connectivity index (χ1) is 14.3. The van der Waals surface area contributed by atoms with E-state index in [1.807, 2.05) is 0 Å². The summed E-state index contributed by atoms with van der Waals surface area (Å²) in [5.74, 6) is 1.60. The maximum Gasteiger partial charge on any atom is 0.214 e. The number of nitrogens with zero attached hydrogens (tertiary/aromatic N) is 5. The number of aromatic nitrogens is 3. The summed E-state index contributed by atoms with van der Waals surface area (Å²) in [7, 11) is -3.32. The SMILES string of the molecule is CCN(CC)c1ccc(CN2CCc3nnc(CNS(=O)(=O)C(C)C)n3CC2)cc1. The van der Waals surface area contributed by atoms with E-state index in [2.05, 4.69) is 67.4 Å². The van der Waals surface area contributed by atoms with E-state index >= 15 is 0 Å². The minimum absolute atomic E-state index is 0.181. The lowest BCUT2D eigenvalue weighted by atomic mass is 10.1. The lowest BCUT2D eigenvalue weighted by molar-refractivity contribution is 0.270. The highest BCUT2D eigenvalue weighted by atomic mass is 32.2. The Morgan fingerprint density at radius 1 is 1.07 bits per heavy atom. The van der Waals surface area contributed by atoms with Crippen molar-refractivity contribution in [2.24, 2.45) is 0 Å². The number of hydrogen-bond acceptors (Lipinski definition) is 6. The number of sulfonamides is 1. The quantitative estimate of drug-likeness (QED) is 0.650. The van der Waals surface area contributed by atoms with Crippen molar-refractivity contribution in [2.75, 3.05) is 31.1 Å². The molecule has 1 N–H and O–H groups in total. The number of fused-ring (bicyclic) bond motifs is 1. The fraction of sp³-hybridized carbons (Fsp3) is 0.619. The van der Waals surface area contributed by atoms with E-state index in [1.54, 1.807) is 13.8 Å². The lowest BCUT2D eigenvalue weighted by Gasteiger charge is -2.23. The highest BCUT2D eigenvalue weighted by Crippen LogP contribution is 2.17. The van der Waals surface area contributed by atoms with Crippen molar-refractivity contribution in [3.8, 4) is 0 Å². The van der Waals surface area contributed by atoms with E-state index in [0.29, 0.717) is 5.82 Å². The Morgan fingerprint density at radius 2 is 1.77 bits per heavy atom. The van der Waals surface area contributed by atoms with Crippen LogP contribution in [0.4, 0.5) is 5.69 Å². The van der Waals surface area contributed by atoms with Gasteiger partial charge < -0.3 is 9.47 Å². The number of nitrogens with one attached hydrogen (secondary N) is 1. The molecule has 0 saturated heterocycles. The Kier molecular flexibility index (Phi) is 7.49. The second kappa shape index (κ2) is 9.89. The molecule has 8 nitrogen and oxygen atoms in total. The van der Waals surface area contributed by atoms with Crippen LogP contribution in [0, 0.1) is 0 Å². The van der Waals surface area contributed by atoms with Gasteiger partial charge in [-0.05, 0) is 45.4 Å². The van der Waals surface area contributed by atoms with E-state index in [4.69, 9.17) is 0 Å². The molecule has 0 radical (unpaired) electrons. The van der Waals surface area contributed by atoms with Crippen molar-refractivity contribution in [1.29, 1.82) is 0 Å². The van der Waals surface area contributed by atoms with Crippen molar-refractivity contribution < 1.29 is 8.42 Å². The fourth-order valence-electron chi connectivity index (χ4n) is 3.71. The van der Waals surface area contributed by atoms with E-state index in [0.717, 1.165) is 51.5 Å². The van der Waals surface area contributed by atoms with Crippen LogP contribution in [0.25, 0.3) is 0 Å². The zero-order valence-electron chi connectivity index (χ0n) is 18.5. The van der Waals surface area contributed by atoms with Crippen molar-refractivity contribution in [3.63, 3.8) is 0 Å². The van der Waals surface area contributed by atoms with Crippen LogP contribution in [0.15, 0.2) is 24.3 Å². The van der Waals surface area contributed by atoms with Crippen LogP contribution < -0.4 is 9.62 Å². The molecule has 0 bridgehead atoms. The minimum Gasteiger partial charge on any atom is -0.372 e. The van der Waals surface area contributed by atoms with Crippen LogP contribution in [-0.4, -0.2) is 59.5 Å². The smallest absolute Gasteiger partial charge is 0.214 e. The van der Waals surface area contributed by atoms with E-state index in [9.17, 15) is 8.42 Å². The molecule has 166 valence electrons. The maximum atomic E-state index is 12.0. The molecule has 0 saturated carbocycles. The largest absolute Gasteiger partial charge is 0.372 e. The molecule has 1 aromatic heterocycles. The molecule has 0 fully saturated rings. The lowest BCUT2D eigenvalue weighted by Crippen LogP contribution is -2.31. The Balaban J connectivity index is 1.60. The van der Waals surface area contributed by atoms with Crippen LogP contribution >= 0.6 is 0 Å². The molecular formula is C21H34N6O2S. The molecule has 30 heavy (non-hydrogen) atoms. The summed E-state index contributed by atoms with van der Waals surface area (Å²) >= 11 is 0. The Bertz CT molecular complexity index is 919. The standard InChI is InChI=1S/C21H34N6O2S/c1-5-26(6-2)19-9-7-18(8-10-19)16-25-12-11-20-23-24-21(27(20)14-13-25)15-22-30(28,29)17(3)4/h7-10,17,22H,5-6,11-16H2,1-4H3. The van der Waals surface area contributed by atoms with Crippen molar-refractivity contribution in [2.45, 2.75) is 59.0 Å². The molecular weight excluding hydrogens is 400 g/mol. The number of hydrogen-bond donors (Lipinski definition) is 1. The van der Waals surface area contributed by atoms with Crippen LogP contribution in [-0.2, 0) is 36.1 Å². The Morgan fingerprint density at radius 3 is 2.40 bits per heavy atom. The molecule has 0 atom stereocenters. The first kappa shape index (κ1) is 22.7. The van der Waals surface area contributed by atoms with Gasteiger partial charge in [-0.25, -0.2) is 13.1 Å². The molecule has 2 heterocycles. The summed E-state index contributed by atoms with van der Waals surface area (Å²) in [5.41, 5.74) is 2.56. The van der Waals surface area contributed by atoms with Crippen molar-refractivity contribution in [1.82, 2.24) is 24.4 Å². The van der Waals surface area contributed by atoms with Gasteiger partial charge in [0.1, 0.15) is 11.6 Å². The molecule has 0 unspecified atom stereocenters. The van der Waals surface area contributed by atoms with Gasteiger partial charge in [0, 0.05) is 51.4 Å². The van der Waals surface area contributed by atoms with Gasteiger partial charge in [-0.1, -0.05) is 12.1 Å². The van der Waals surface area contributed by atoms with Gasteiger partial charge in [0.05, 0.1) is 11.8 Å². The molecule has 1 aliphatic heterocycles. The molecule has 2 aromatic rings. The second-order valence-corrected chi connectivity index (χ2v) is 10.3. The summed E-state index contributed by atoms with van der Waals surface area (Å²) in [6, 6.07) is 8.83. The minimum atomic E-state index is -3.32. The highest BCUT2D eigenvalue weighted by molar-refractivity contribution is 7.90. The molecule has 0 amide bonds. The summed E-state index contributed by atoms with van der Waals surface area (Å²) in [5, 5.41) is 8.05. The molecule has 0 spiro atoms. The summed E-state index contributed by atoms with van der Waals surface area (Å²) < 4.78 is 28.8. The molecule has 1 aliphatic rings. The third kappa shape index (κ3) is 5.39. The van der Waals surface area contributed by atoms with Crippen LogP contribution in [0.3, 0.4) is 0 Å². The third-order valence-electron chi connectivity index (χ3n) is 5.72. The van der Waals surface area contributed by atoms with Crippen molar-refractivity contribution in [3.05, 3.63) is 41.5 Å². The number of anilines is 1. The zero-order valence-corrected chi connectivity index (χ0v) is 19.3. The van der Waals surface area contributed by atoms with Gasteiger partial charge in [0.2, 0.25) is 10.0 Å². The van der Waals surface area contributed by atoms with Crippen LogP contribution in [0.1, 0.15) is 44.9 Å². The monoisotopic (exact) mass is 434 g/mol. The predicted molar refractivity (Wildman–Crippen MR) is 120 cm³/mol.